The third kappa shape index (κ3) is 3.56. The van der Waals surface area contributed by atoms with Gasteiger partial charge < -0.3 is 5.73 Å². The Morgan fingerprint density at radius 1 is 1.25 bits per heavy atom. The topological polar surface area (TPSA) is 90.5 Å². The van der Waals surface area contributed by atoms with Crippen molar-refractivity contribution in [1.82, 2.24) is 9.21 Å². The molecule has 1 aromatic rings. The van der Waals surface area contributed by atoms with Crippen LogP contribution < -0.4 is 5.73 Å². The molecule has 0 aromatic heterocycles. The predicted octanol–water partition coefficient (Wildman–Crippen LogP) is 0.0479. The molecular formula is C13H20N4O2S. The number of nitrogens with two attached hydrogens (primary N) is 1. The lowest BCUT2D eigenvalue weighted by atomic mass is 10.1. The van der Waals surface area contributed by atoms with Crippen molar-refractivity contribution in [2.24, 2.45) is 5.73 Å². The van der Waals surface area contributed by atoms with Gasteiger partial charge in [0.1, 0.15) is 5.84 Å². The molecule has 6 nitrogen and oxygen atoms in total. The first kappa shape index (κ1) is 15.0. The number of sulfonamides is 1. The third-order valence-electron chi connectivity index (χ3n) is 3.50. The lowest BCUT2D eigenvalue weighted by Crippen LogP contribution is -2.47. The van der Waals surface area contributed by atoms with E-state index in [1.807, 2.05) is 24.3 Å². The molecule has 110 valence electrons. The molecule has 0 amide bonds. The van der Waals surface area contributed by atoms with Crippen LogP contribution in [0.25, 0.3) is 0 Å². The van der Waals surface area contributed by atoms with E-state index in [1.54, 1.807) is 0 Å². The molecule has 0 saturated carbocycles. The first-order chi connectivity index (χ1) is 9.38. The van der Waals surface area contributed by atoms with E-state index in [2.05, 4.69) is 4.90 Å². The van der Waals surface area contributed by atoms with Crippen LogP contribution in [0.3, 0.4) is 0 Å². The quantitative estimate of drug-likeness (QED) is 0.606. The van der Waals surface area contributed by atoms with Gasteiger partial charge in [0.05, 0.1) is 6.26 Å². The first-order valence-electron chi connectivity index (χ1n) is 6.47. The van der Waals surface area contributed by atoms with Gasteiger partial charge in [0.15, 0.2) is 0 Å². The van der Waals surface area contributed by atoms with Crippen molar-refractivity contribution in [3.05, 3.63) is 35.4 Å². The van der Waals surface area contributed by atoms with Gasteiger partial charge in [-0.3, -0.25) is 10.3 Å². The van der Waals surface area contributed by atoms with Gasteiger partial charge in [0, 0.05) is 38.3 Å². The van der Waals surface area contributed by atoms with E-state index in [9.17, 15) is 8.42 Å². The Hall–Kier alpha value is -1.44. The standard InChI is InChI=1S/C13H20N4O2S/c1-20(18,19)17-8-6-16(7-9-17)10-11-4-2-3-5-12(11)13(14)15/h2-5H,6-10H2,1H3,(H3,14,15). The fourth-order valence-electron chi connectivity index (χ4n) is 2.38. The number of benzene rings is 1. The molecule has 1 aromatic carbocycles. The van der Waals surface area contributed by atoms with Crippen molar-refractivity contribution in [3.63, 3.8) is 0 Å². The van der Waals surface area contributed by atoms with E-state index in [0.717, 1.165) is 11.1 Å². The highest BCUT2D eigenvalue weighted by atomic mass is 32.2. The zero-order chi connectivity index (χ0) is 14.8. The number of rotatable bonds is 4. The monoisotopic (exact) mass is 296 g/mol. The van der Waals surface area contributed by atoms with Crippen molar-refractivity contribution < 1.29 is 8.42 Å². The lowest BCUT2D eigenvalue weighted by Gasteiger charge is -2.33. The third-order valence-corrected chi connectivity index (χ3v) is 4.80. The molecule has 0 unspecified atom stereocenters. The van der Waals surface area contributed by atoms with Crippen LogP contribution in [0.4, 0.5) is 0 Å². The maximum atomic E-state index is 11.5. The second-order valence-corrected chi connectivity index (χ2v) is 6.99. The fraction of sp³-hybridized carbons (Fsp3) is 0.462. The summed E-state index contributed by atoms with van der Waals surface area (Å²) in [4.78, 5) is 2.18. The molecule has 1 aliphatic heterocycles. The molecule has 1 heterocycles. The van der Waals surface area contributed by atoms with Crippen LogP contribution in [0, 0.1) is 5.41 Å². The summed E-state index contributed by atoms with van der Waals surface area (Å²) in [5.41, 5.74) is 7.33. The Morgan fingerprint density at radius 3 is 2.40 bits per heavy atom. The molecule has 0 spiro atoms. The molecule has 1 fully saturated rings. The van der Waals surface area contributed by atoms with Gasteiger partial charge in [-0.15, -0.1) is 0 Å². The zero-order valence-electron chi connectivity index (χ0n) is 11.5. The highest BCUT2D eigenvalue weighted by Gasteiger charge is 2.23. The molecule has 0 radical (unpaired) electrons. The van der Waals surface area contributed by atoms with E-state index >= 15 is 0 Å². The van der Waals surface area contributed by atoms with Crippen molar-refractivity contribution in [2.75, 3.05) is 32.4 Å². The number of nitrogens with one attached hydrogen (secondary N) is 1. The van der Waals surface area contributed by atoms with Crippen molar-refractivity contribution >= 4 is 15.9 Å². The molecule has 3 N–H and O–H groups in total. The zero-order valence-corrected chi connectivity index (χ0v) is 12.4. The average Bonchev–Trinajstić information content (AvgIpc) is 2.38. The van der Waals surface area contributed by atoms with Crippen LogP contribution in [-0.4, -0.2) is 55.9 Å². The summed E-state index contributed by atoms with van der Waals surface area (Å²) in [5.74, 6) is 0.0652. The first-order valence-corrected chi connectivity index (χ1v) is 8.32. The minimum Gasteiger partial charge on any atom is -0.384 e. The Labute approximate surface area is 119 Å². The van der Waals surface area contributed by atoms with Gasteiger partial charge in [-0.1, -0.05) is 24.3 Å². The fourth-order valence-corrected chi connectivity index (χ4v) is 3.21. The summed E-state index contributed by atoms with van der Waals surface area (Å²) >= 11 is 0. The van der Waals surface area contributed by atoms with E-state index in [4.69, 9.17) is 11.1 Å². The van der Waals surface area contributed by atoms with E-state index in [0.29, 0.717) is 32.7 Å². The van der Waals surface area contributed by atoms with Crippen LogP contribution >= 0.6 is 0 Å². The Morgan fingerprint density at radius 2 is 1.85 bits per heavy atom. The van der Waals surface area contributed by atoms with Gasteiger partial charge >= 0.3 is 0 Å². The van der Waals surface area contributed by atoms with E-state index in [1.165, 1.54) is 10.6 Å². The van der Waals surface area contributed by atoms with Crippen molar-refractivity contribution in [2.45, 2.75) is 6.54 Å². The molecule has 2 rings (SSSR count). The summed E-state index contributed by atoms with van der Waals surface area (Å²) in [6, 6.07) is 7.58. The largest absolute Gasteiger partial charge is 0.384 e. The van der Waals surface area contributed by atoms with Gasteiger partial charge in [-0.25, -0.2) is 8.42 Å². The van der Waals surface area contributed by atoms with Crippen LogP contribution in [0.2, 0.25) is 0 Å². The summed E-state index contributed by atoms with van der Waals surface area (Å²) < 4.78 is 24.4. The number of amidine groups is 1. The van der Waals surface area contributed by atoms with Gasteiger partial charge in [0.2, 0.25) is 10.0 Å². The van der Waals surface area contributed by atoms with Crippen LogP contribution in [0.1, 0.15) is 11.1 Å². The maximum Gasteiger partial charge on any atom is 0.211 e. The van der Waals surface area contributed by atoms with Gasteiger partial charge in [-0.2, -0.15) is 4.31 Å². The van der Waals surface area contributed by atoms with Gasteiger partial charge in [-0.05, 0) is 5.56 Å². The highest BCUT2D eigenvalue weighted by Crippen LogP contribution is 2.14. The smallest absolute Gasteiger partial charge is 0.211 e. The Kier molecular flexibility index (Phi) is 4.42. The number of nitrogens with zero attached hydrogens (tertiary/aromatic N) is 2. The second kappa shape index (κ2) is 5.90. The number of piperazine rings is 1. The van der Waals surface area contributed by atoms with Crippen LogP contribution in [0.15, 0.2) is 24.3 Å². The highest BCUT2D eigenvalue weighted by molar-refractivity contribution is 7.88. The number of hydrogen-bond acceptors (Lipinski definition) is 4. The second-order valence-electron chi connectivity index (χ2n) is 5.01. The minimum atomic E-state index is -3.09. The Balaban J connectivity index is 2.02. The molecule has 0 bridgehead atoms. The predicted molar refractivity (Wildman–Crippen MR) is 79.2 cm³/mol. The van der Waals surface area contributed by atoms with Crippen LogP contribution in [0.5, 0.6) is 0 Å². The Bertz CT molecular complexity index is 592. The minimum absolute atomic E-state index is 0.0652. The van der Waals surface area contributed by atoms with E-state index < -0.39 is 10.0 Å². The molecular weight excluding hydrogens is 276 g/mol. The summed E-state index contributed by atoms with van der Waals surface area (Å²) in [5, 5.41) is 7.58. The summed E-state index contributed by atoms with van der Waals surface area (Å²) in [6.07, 6.45) is 1.24. The SMILES string of the molecule is CS(=O)(=O)N1CCN(Cc2ccccc2C(=N)N)CC1. The molecule has 0 aliphatic carbocycles. The molecule has 20 heavy (non-hydrogen) atoms. The van der Waals surface area contributed by atoms with Gasteiger partial charge in [0.25, 0.3) is 0 Å². The number of nitrogen functional groups attached to an aromatic ring is 1. The molecule has 1 aliphatic rings. The number of hydrogen-bond donors (Lipinski definition) is 2. The van der Waals surface area contributed by atoms with E-state index in [-0.39, 0.29) is 5.84 Å². The summed E-state index contributed by atoms with van der Waals surface area (Å²) in [7, 11) is -3.09. The molecule has 1 saturated heterocycles. The van der Waals surface area contributed by atoms with Crippen molar-refractivity contribution in [3.8, 4) is 0 Å². The summed E-state index contributed by atoms with van der Waals surface area (Å²) in [6.45, 7) is 3.11. The van der Waals surface area contributed by atoms with Crippen molar-refractivity contribution in [1.29, 1.82) is 5.41 Å². The average molecular weight is 296 g/mol. The van der Waals surface area contributed by atoms with Crippen LogP contribution in [-0.2, 0) is 16.6 Å². The molecule has 0 atom stereocenters. The normalized spacial score (nSPS) is 18.1. The lowest BCUT2D eigenvalue weighted by molar-refractivity contribution is 0.182. The molecule has 7 heteroatoms. The maximum absolute atomic E-state index is 11.5.